The zero-order chi connectivity index (χ0) is 14.0. The fraction of sp³-hybridized carbons (Fsp3) is 0.143. The number of hydrogen-bond acceptors (Lipinski definition) is 2. The van der Waals surface area contributed by atoms with Crippen LogP contribution in [0.3, 0.4) is 0 Å². The molecule has 19 heavy (non-hydrogen) atoms. The first-order chi connectivity index (χ1) is 8.88. The maximum absolute atomic E-state index is 13.6. The summed E-state index contributed by atoms with van der Waals surface area (Å²) in [6.45, 7) is 3.60. The fourth-order valence-corrected chi connectivity index (χ4v) is 2.69. The van der Waals surface area contributed by atoms with Crippen LogP contribution < -0.4 is 4.72 Å². The second-order valence-electron chi connectivity index (χ2n) is 4.40. The van der Waals surface area contributed by atoms with Crippen LogP contribution in [0.1, 0.15) is 11.1 Å². The zero-order valence-electron chi connectivity index (χ0n) is 10.6. The van der Waals surface area contributed by atoms with E-state index in [1.807, 2.05) is 6.92 Å². The van der Waals surface area contributed by atoms with Crippen molar-refractivity contribution in [2.45, 2.75) is 18.7 Å². The highest BCUT2D eigenvalue weighted by Crippen LogP contribution is 2.20. The van der Waals surface area contributed by atoms with Crippen molar-refractivity contribution >= 4 is 15.7 Å². The second-order valence-corrected chi connectivity index (χ2v) is 6.08. The molecule has 0 atom stereocenters. The lowest BCUT2D eigenvalue weighted by Crippen LogP contribution is -2.14. The molecule has 1 N–H and O–H groups in total. The Labute approximate surface area is 112 Å². The molecule has 0 radical (unpaired) electrons. The summed E-state index contributed by atoms with van der Waals surface area (Å²) >= 11 is 0. The molecule has 0 aromatic heterocycles. The number of anilines is 1. The van der Waals surface area contributed by atoms with Gasteiger partial charge in [0.05, 0.1) is 10.6 Å². The molecule has 0 unspecified atom stereocenters. The van der Waals surface area contributed by atoms with Crippen molar-refractivity contribution in [2.24, 2.45) is 0 Å². The Balaban J connectivity index is 2.33. The third-order valence-electron chi connectivity index (χ3n) is 2.70. The molecule has 2 aromatic carbocycles. The van der Waals surface area contributed by atoms with E-state index in [1.165, 1.54) is 24.3 Å². The van der Waals surface area contributed by atoms with Gasteiger partial charge in [0.2, 0.25) is 0 Å². The van der Waals surface area contributed by atoms with Crippen LogP contribution in [-0.4, -0.2) is 8.42 Å². The largest absolute Gasteiger partial charge is 0.277 e. The fourth-order valence-electron chi connectivity index (χ4n) is 1.62. The molecule has 0 aliphatic carbocycles. The third kappa shape index (κ3) is 3.12. The minimum Gasteiger partial charge on any atom is -0.277 e. The van der Waals surface area contributed by atoms with E-state index in [2.05, 4.69) is 4.72 Å². The van der Waals surface area contributed by atoms with E-state index < -0.39 is 15.8 Å². The van der Waals surface area contributed by atoms with Crippen molar-refractivity contribution in [3.05, 3.63) is 59.4 Å². The zero-order valence-corrected chi connectivity index (χ0v) is 11.5. The second kappa shape index (κ2) is 5.01. The normalized spacial score (nSPS) is 11.3. The molecule has 0 saturated carbocycles. The smallest absolute Gasteiger partial charge is 0.261 e. The first-order valence-corrected chi connectivity index (χ1v) is 7.22. The van der Waals surface area contributed by atoms with Gasteiger partial charge in [0.25, 0.3) is 10.0 Å². The van der Waals surface area contributed by atoms with Gasteiger partial charge in [0.1, 0.15) is 5.82 Å². The minimum absolute atomic E-state index is 0.0498. The summed E-state index contributed by atoms with van der Waals surface area (Å²) in [4.78, 5) is 0.109. The van der Waals surface area contributed by atoms with Gasteiger partial charge in [-0.15, -0.1) is 0 Å². The molecule has 0 saturated heterocycles. The first-order valence-electron chi connectivity index (χ1n) is 5.74. The summed E-state index contributed by atoms with van der Waals surface area (Å²) in [6.07, 6.45) is 0. The molecule has 0 amide bonds. The predicted octanol–water partition coefficient (Wildman–Crippen LogP) is 3.24. The van der Waals surface area contributed by atoms with Crippen LogP contribution in [0.15, 0.2) is 47.4 Å². The number of halogens is 1. The molecule has 0 fully saturated rings. The molecule has 0 spiro atoms. The van der Waals surface area contributed by atoms with Gasteiger partial charge in [0, 0.05) is 0 Å². The van der Waals surface area contributed by atoms with Gasteiger partial charge in [-0.3, -0.25) is 4.72 Å². The summed E-state index contributed by atoms with van der Waals surface area (Å²) in [5, 5.41) is 0. The summed E-state index contributed by atoms with van der Waals surface area (Å²) in [6, 6.07) is 10.7. The van der Waals surface area contributed by atoms with Crippen molar-refractivity contribution in [1.82, 2.24) is 0 Å². The SMILES string of the molecule is Cc1ccc(S(=O)(=O)Nc2ccc(C)cc2F)cc1. The summed E-state index contributed by atoms with van der Waals surface area (Å²) in [5.74, 6) is -0.587. The molecule has 3 nitrogen and oxygen atoms in total. The number of rotatable bonds is 3. The van der Waals surface area contributed by atoms with E-state index in [0.29, 0.717) is 0 Å². The Kier molecular flexibility index (Phi) is 3.57. The monoisotopic (exact) mass is 279 g/mol. The highest BCUT2D eigenvalue weighted by Gasteiger charge is 2.15. The molecule has 0 bridgehead atoms. The summed E-state index contributed by atoms with van der Waals surface area (Å²) < 4.78 is 40.0. The van der Waals surface area contributed by atoms with E-state index in [4.69, 9.17) is 0 Å². The number of aryl methyl sites for hydroxylation is 2. The van der Waals surface area contributed by atoms with Crippen LogP contribution in [0.5, 0.6) is 0 Å². The molecule has 2 rings (SSSR count). The number of sulfonamides is 1. The predicted molar refractivity (Wildman–Crippen MR) is 73.1 cm³/mol. The van der Waals surface area contributed by atoms with Crippen molar-refractivity contribution in [3.63, 3.8) is 0 Å². The molecule has 0 aliphatic rings. The average Bonchev–Trinajstić information content (AvgIpc) is 2.33. The van der Waals surface area contributed by atoms with Crippen LogP contribution in [0.2, 0.25) is 0 Å². The standard InChI is InChI=1S/C14H14FNO2S/c1-10-3-6-12(7-4-10)19(17,18)16-14-8-5-11(2)9-13(14)15/h3-9,16H,1-2H3. The molecule has 5 heteroatoms. The van der Waals surface area contributed by atoms with Crippen molar-refractivity contribution in [1.29, 1.82) is 0 Å². The van der Waals surface area contributed by atoms with Gasteiger partial charge in [-0.1, -0.05) is 23.8 Å². The van der Waals surface area contributed by atoms with Gasteiger partial charge in [0.15, 0.2) is 0 Å². The van der Waals surface area contributed by atoms with Gasteiger partial charge in [-0.05, 0) is 43.7 Å². The van der Waals surface area contributed by atoms with Gasteiger partial charge in [-0.2, -0.15) is 0 Å². The molecule has 0 heterocycles. The first kappa shape index (κ1) is 13.5. The van der Waals surface area contributed by atoms with Crippen LogP contribution in [0.25, 0.3) is 0 Å². The highest BCUT2D eigenvalue weighted by atomic mass is 32.2. The number of hydrogen-bond donors (Lipinski definition) is 1. The van der Waals surface area contributed by atoms with Gasteiger partial charge in [-0.25, -0.2) is 12.8 Å². The topological polar surface area (TPSA) is 46.2 Å². The molecule has 2 aromatic rings. The molecular formula is C14H14FNO2S. The van der Waals surface area contributed by atoms with E-state index in [-0.39, 0.29) is 10.6 Å². The van der Waals surface area contributed by atoms with Gasteiger partial charge < -0.3 is 0 Å². The maximum Gasteiger partial charge on any atom is 0.261 e. The quantitative estimate of drug-likeness (QED) is 0.937. The summed E-state index contributed by atoms with van der Waals surface area (Å²) in [5.41, 5.74) is 1.64. The molecule has 100 valence electrons. The Morgan fingerprint density at radius 1 is 0.947 bits per heavy atom. The van der Waals surface area contributed by atoms with Crippen molar-refractivity contribution < 1.29 is 12.8 Å². The lowest BCUT2D eigenvalue weighted by atomic mass is 10.2. The average molecular weight is 279 g/mol. The number of benzene rings is 2. The minimum atomic E-state index is -3.76. The van der Waals surface area contributed by atoms with E-state index >= 15 is 0 Å². The van der Waals surface area contributed by atoms with Crippen molar-refractivity contribution in [3.8, 4) is 0 Å². The third-order valence-corrected chi connectivity index (χ3v) is 4.08. The Morgan fingerprint density at radius 3 is 2.11 bits per heavy atom. The lowest BCUT2D eigenvalue weighted by molar-refractivity contribution is 0.598. The maximum atomic E-state index is 13.6. The van der Waals surface area contributed by atoms with Gasteiger partial charge >= 0.3 is 0 Å². The van der Waals surface area contributed by atoms with E-state index in [9.17, 15) is 12.8 Å². The van der Waals surface area contributed by atoms with Crippen molar-refractivity contribution in [2.75, 3.05) is 4.72 Å². The Bertz CT molecular complexity index is 694. The lowest BCUT2D eigenvalue weighted by Gasteiger charge is -2.09. The van der Waals surface area contributed by atoms with E-state index in [1.54, 1.807) is 25.1 Å². The highest BCUT2D eigenvalue weighted by molar-refractivity contribution is 7.92. The van der Waals surface area contributed by atoms with Crippen LogP contribution in [0.4, 0.5) is 10.1 Å². The van der Waals surface area contributed by atoms with E-state index in [0.717, 1.165) is 11.1 Å². The van der Waals surface area contributed by atoms with Crippen LogP contribution in [-0.2, 0) is 10.0 Å². The van der Waals surface area contributed by atoms with Crippen LogP contribution >= 0.6 is 0 Å². The Hall–Kier alpha value is -1.88. The Morgan fingerprint density at radius 2 is 1.53 bits per heavy atom. The number of nitrogens with one attached hydrogen (secondary N) is 1. The van der Waals surface area contributed by atoms with Crippen LogP contribution in [0, 0.1) is 19.7 Å². The molecule has 0 aliphatic heterocycles. The molecular weight excluding hydrogens is 265 g/mol. The summed E-state index contributed by atoms with van der Waals surface area (Å²) in [7, 11) is -3.76.